The van der Waals surface area contributed by atoms with Crippen LogP contribution in [0.4, 0.5) is 5.82 Å². The topological polar surface area (TPSA) is 63.8 Å². The van der Waals surface area contributed by atoms with Gasteiger partial charge in [0, 0.05) is 15.8 Å². The van der Waals surface area contributed by atoms with E-state index in [1.54, 1.807) is 34.0 Å². The third-order valence-corrected chi connectivity index (χ3v) is 5.74. The van der Waals surface area contributed by atoms with Crippen molar-refractivity contribution >= 4 is 62.5 Å². The lowest BCUT2D eigenvalue weighted by Gasteiger charge is -2.05. The van der Waals surface area contributed by atoms with Gasteiger partial charge < -0.3 is 5.43 Å². The van der Waals surface area contributed by atoms with E-state index < -0.39 is 0 Å². The Labute approximate surface area is 145 Å². The molecule has 22 heavy (non-hydrogen) atoms. The number of hydrogen-bond donors (Lipinski definition) is 2. The molecule has 4 aromatic rings. The number of thiophene rings is 3. The van der Waals surface area contributed by atoms with E-state index in [1.807, 2.05) is 23.6 Å². The van der Waals surface area contributed by atoms with E-state index in [0.717, 1.165) is 20.7 Å². The first-order valence-corrected chi connectivity index (χ1v) is 8.84. The predicted octanol–water partition coefficient (Wildman–Crippen LogP) is 4.86. The summed E-state index contributed by atoms with van der Waals surface area (Å²) in [5.41, 5.74) is 3.86. The average molecular weight is 367 g/mol. The van der Waals surface area contributed by atoms with E-state index in [4.69, 9.17) is 5.84 Å². The number of nitrogens with zero attached hydrogens (tertiary/aromatic N) is 2. The fourth-order valence-corrected chi connectivity index (χ4v) is 4.59. The molecular weight excluding hydrogens is 356 g/mol. The zero-order valence-electron chi connectivity index (χ0n) is 11.1. The lowest BCUT2D eigenvalue weighted by molar-refractivity contribution is 1.20. The van der Waals surface area contributed by atoms with Crippen LogP contribution in [0.2, 0.25) is 0 Å². The third kappa shape index (κ3) is 2.51. The second-order valence-electron chi connectivity index (χ2n) is 4.32. The van der Waals surface area contributed by atoms with Gasteiger partial charge in [-0.2, -0.15) is 0 Å². The molecule has 0 aliphatic heterocycles. The first-order chi connectivity index (χ1) is 10.4. The lowest BCUT2D eigenvalue weighted by atomic mass is 10.2. The first-order valence-electron chi connectivity index (χ1n) is 6.20. The highest BCUT2D eigenvalue weighted by Crippen LogP contribution is 2.39. The van der Waals surface area contributed by atoms with Gasteiger partial charge in [0.1, 0.15) is 4.83 Å². The second-order valence-corrected chi connectivity index (χ2v) is 7.08. The highest BCUT2D eigenvalue weighted by molar-refractivity contribution is 7.18. The molecule has 0 saturated heterocycles. The van der Waals surface area contributed by atoms with Crippen molar-refractivity contribution in [2.24, 2.45) is 5.84 Å². The Balaban J connectivity index is 0.00000144. The summed E-state index contributed by atoms with van der Waals surface area (Å²) in [6, 6.07) is 8.15. The van der Waals surface area contributed by atoms with Gasteiger partial charge >= 0.3 is 0 Å². The van der Waals surface area contributed by atoms with Gasteiger partial charge in [-0.1, -0.05) is 12.1 Å². The molecule has 4 aromatic heterocycles. The molecule has 8 heteroatoms. The van der Waals surface area contributed by atoms with Crippen LogP contribution in [-0.2, 0) is 0 Å². The number of nitrogens with one attached hydrogen (secondary N) is 1. The van der Waals surface area contributed by atoms with Crippen molar-refractivity contribution in [3.8, 4) is 21.1 Å². The van der Waals surface area contributed by atoms with Crippen molar-refractivity contribution in [3.63, 3.8) is 0 Å². The minimum atomic E-state index is 0. The molecule has 0 fully saturated rings. The number of rotatable bonds is 3. The molecule has 112 valence electrons. The van der Waals surface area contributed by atoms with E-state index in [1.165, 1.54) is 4.88 Å². The monoisotopic (exact) mass is 366 g/mol. The molecule has 0 atom stereocenters. The number of nitrogen functional groups attached to an aromatic ring is 1. The van der Waals surface area contributed by atoms with Gasteiger partial charge in [0.25, 0.3) is 0 Å². The van der Waals surface area contributed by atoms with Crippen LogP contribution in [-0.4, -0.2) is 9.97 Å². The quantitative estimate of drug-likeness (QED) is 0.401. The molecule has 0 aliphatic carbocycles. The summed E-state index contributed by atoms with van der Waals surface area (Å²) in [6.45, 7) is 0. The molecule has 4 nitrogen and oxygen atoms in total. The summed E-state index contributed by atoms with van der Waals surface area (Å²) in [4.78, 5) is 12.5. The van der Waals surface area contributed by atoms with Gasteiger partial charge in [0.05, 0.1) is 10.3 Å². The number of hydrazine groups is 1. The van der Waals surface area contributed by atoms with E-state index >= 15 is 0 Å². The van der Waals surface area contributed by atoms with E-state index in [0.29, 0.717) is 11.6 Å². The van der Waals surface area contributed by atoms with Crippen molar-refractivity contribution < 1.29 is 0 Å². The summed E-state index contributed by atoms with van der Waals surface area (Å²) in [5, 5.41) is 7.19. The van der Waals surface area contributed by atoms with Gasteiger partial charge in [0.15, 0.2) is 11.6 Å². The Kier molecular flexibility index (Phi) is 4.42. The summed E-state index contributed by atoms with van der Waals surface area (Å²) in [5.74, 6) is 7.08. The maximum absolute atomic E-state index is 5.69. The number of aromatic nitrogens is 2. The fourth-order valence-electron chi connectivity index (χ4n) is 2.18. The van der Waals surface area contributed by atoms with Crippen LogP contribution < -0.4 is 11.3 Å². The predicted molar refractivity (Wildman–Crippen MR) is 99.1 cm³/mol. The highest BCUT2D eigenvalue weighted by Gasteiger charge is 2.16. The van der Waals surface area contributed by atoms with E-state index in [9.17, 15) is 0 Å². The summed E-state index contributed by atoms with van der Waals surface area (Å²) in [7, 11) is 0. The molecule has 0 aliphatic rings. The zero-order chi connectivity index (χ0) is 14.2. The molecule has 0 amide bonds. The van der Waals surface area contributed by atoms with Crippen molar-refractivity contribution in [3.05, 3.63) is 40.4 Å². The Morgan fingerprint density at radius 2 is 1.68 bits per heavy atom. The molecule has 0 aromatic carbocycles. The van der Waals surface area contributed by atoms with Gasteiger partial charge in [0.2, 0.25) is 0 Å². The van der Waals surface area contributed by atoms with Gasteiger partial charge in [-0.15, -0.1) is 46.4 Å². The number of nitrogens with two attached hydrogens (primary N) is 1. The minimum Gasteiger partial charge on any atom is -0.308 e. The summed E-state index contributed by atoms with van der Waals surface area (Å²) >= 11 is 4.94. The number of hydrogen-bond acceptors (Lipinski definition) is 7. The van der Waals surface area contributed by atoms with Crippen LogP contribution in [0.5, 0.6) is 0 Å². The molecule has 0 radical (unpaired) electrons. The normalized spacial score (nSPS) is 10.6. The van der Waals surface area contributed by atoms with Gasteiger partial charge in [-0.05, 0) is 22.9 Å². The zero-order valence-corrected chi connectivity index (χ0v) is 14.4. The van der Waals surface area contributed by atoms with Gasteiger partial charge in [-0.3, -0.25) is 0 Å². The Hall–Kier alpha value is -1.51. The molecule has 0 saturated carbocycles. The Morgan fingerprint density at radius 1 is 0.955 bits per heavy atom. The first kappa shape index (κ1) is 15.4. The standard InChI is InChI=1S/C14H10N4S3.ClH/c15-18-13-11-8(9-3-1-5-19-9)7-21-14(11)17-12(16-13)10-4-2-6-20-10;/h1-7H,15H2,(H,16,17,18);1H. The van der Waals surface area contributed by atoms with Crippen LogP contribution >= 0.6 is 46.4 Å². The largest absolute Gasteiger partial charge is 0.308 e. The average Bonchev–Trinajstić information content (AvgIpc) is 3.24. The van der Waals surface area contributed by atoms with Crippen molar-refractivity contribution in [2.75, 3.05) is 5.43 Å². The second kappa shape index (κ2) is 6.31. The van der Waals surface area contributed by atoms with Gasteiger partial charge in [-0.25, -0.2) is 15.8 Å². The number of anilines is 1. The van der Waals surface area contributed by atoms with Crippen molar-refractivity contribution in [1.29, 1.82) is 0 Å². The molecule has 4 rings (SSSR count). The van der Waals surface area contributed by atoms with Crippen molar-refractivity contribution in [1.82, 2.24) is 9.97 Å². The lowest BCUT2D eigenvalue weighted by Crippen LogP contribution is -2.09. The Morgan fingerprint density at radius 3 is 2.32 bits per heavy atom. The van der Waals surface area contributed by atoms with Crippen LogP contribution in [0.25, 0.3) is 31.4 Å². The number of halogens is 1. The Bertz CT molecular complexity index is 885. The third-order valence-electron chi connectivity index (χ3n) is 3.10. The minimum absolute atomic E-state index is 0. The number of fused-ring (bicyclic) bond motifs is 1. The molecule has 0 spiro atoms. The molecule has 4 heterocycles. The molecule has 0 bridgehead atoms. The smallest absolute Gasteiger partial charge is 0.173 e. The SMILES string of the molecule is Cl.NNc1nc(-c2cccs2)nc2scc(-c3cccs3)c12. The van der Waals surface area contributed by atoms with Crippen LogP contribution in [0.15, 0.2) is 40.4 Å². The van der Waals surface area contributed by atoms with Crippen LogP contribution in [0.1, 0.15) is 0 Å². The highest BCUT2D eigenvalue weighted by atomic mass is 35.5. The maximum Gasteiger partial charge on any atom is 0.173 e. The molecule has 0 unspecified atom stereocenters. The maximum atomic E-state index is 5.69. The van der Waals surface area contributed by atoms with Crippen LogP contribution in [0, 0.1) is 0 Å². The van der Waals surface area contributed by atoms with Crippen molar-refractivity contribution in [2.45, 2.75) is 0 Å². The summed E-state index contributed by atoms with van der Waals surface area (Å²) in [6.07, 6.45) is 0. The molecule has 3 N–H and O–H groups in total. The summed E-state index contributed by atoms with van der Waals surface area (Å²) < 4.78 is 0. The fraction of sp³-hybridized carbons (Fsp3) is 0. The van der Waals surface area contributed by atoms with Crippen LogP contribution in [0.3, 0.4) is 0 Å². The van der Waals surface area contributed by atoms with E-state index in [2.05, 4.69) is 32.2 Å². The molecular formula is C14H11ClN4S3. The van der Waals surface area contributed by atoms with E-state index in [-0.39, 0.29) is 12.4 Å².